The number of ether oxygens (including phenoxy) is 2. The molecule has 0 aliphatic heterocycles. The summed E-state index contributed by atoms with van der Waals surface area (Å²) in [4.78, 5) is 4.93. The number of methoxy groups -OCH3 is 2. The van der Waals surface area contributed by atoms with Gasteiger partial charge in [-0.15, -0.1) is 0 Å². The Morgan fingerprint density at radius 3 is 2.64 bits per heavy atom. The molecule has 2 aromatic heterocycles. The predicted octanol–water partition coefficient (Wildman–Crippen LogP) is 5.24. The van der Waals surface area contributed by atoms with Crippen LogP contribution in [0.25, 0.3) is 11.0 Å². The van der Waals surface area contributed by atoms with Crippen LogP contribution in [-0.2, 0) is 19.9 Å². The molecule has 1 aromatic carbocycles. The number of fused-ring (bicyclic) bond motifs is 3. The highest BCUT2D eigenvalue weighted by molar-refractivity contribution is 5.84. The van der Waals surface area contributed by atoms with E-state index in [4.69, 9.17) is 14.5 Å². The molecule has 0 bridgehead atoms. The number of nitrogens with one attached hydrogen (secondary N) is 1. The van der Waals surface area contributed by atoms with Crippen molar-refractivity contribution < 1.29 is 9.47 Å². The first-order chi connectivity index (χ1) is 13.5. The Kier molecular flexibility index (Phi) is 4.69. The molecule has 0 amide bonds. The molecular weight excluding hydrogens is 350 g/mol. The molecule has 148 valence electrons. The molecule has 28 heavy (non-hydrogen) atoms. The number of rotatable bonds is 5. The fourth-order valence-corrected chi connectivity index (χ4v) is 4.31. The van der Waals surface area contributed by atoms with E-state index >= 15 is 0 Å². The zero-order chi connectivity index (χ0) is 19.9. The zero-order valence-electron chi connectivity index (χ0n) is 17.4. The Labute approximate surface area is 166 Å². The van der Waals surface area contributed by atoms with Crippen LogP contribution in [0.5, 0.6) is 11.5 Å². The smallest absolute Gasteiger partial charge is 0.162 e. The first-order valence-electron chi connectivity index (χ1n) is 9.94. The first-order valence-corrected chi connectivity index (χ1v) is 9.94. The average Bonchev–Trinajstić information content (AvgIpc) is 2.98. The largest absolute Gasteiger partial charge is 0.493 e. The molecule has 1 aliphatic carbocycles. The van der Waals surface area contributed by atoms with Crippen molar-refractivity contribution in [1.29, 1.82) is 0 Å². The molecule has 0 saturated carbocycles. The third kappa shape index (κ3) is 3.09. The third-order valence-corrected chi connectivity index (χ3v) is 6.35. The number of hydrogen-bond donors (Lipinski definition) is 1. The lowest BCUT2D eigenvalue weighted by Crippen LogP contribution is -2.25. The van der Waals surface area contributed by atoms with Gasteiger partial charge in [-0.3, -0.25) is 0 Å². The number of hydrogen-bond acceptors (Lipinski definition) is 4. The minimum atomic E-state index is 0.401. The maximum Gasteiger partial charge on any atom is 0.162 e. The third-order valence-electron chi connectivity index (χ3n) is 6.35. The van der Waals surface area contributed by atoms with Gasteiger partial charge in [0.15, 0.2) is 11.5 Å². The predicted molar refractivity (Wildman–Crippen MR) is 114 cm³/mol. The van der Waals surface area contributed by atoms with Gasteiger partial charge in [0.2, 0.25) is 0 Å². The topological polar surface area (TPSA) is 48.3 Å². The van der Waals surface area contributed by atoms with Gasteiger partial charge < -0.3 is 19.4 Å². The normalized spacial score (nSPS) is 18.8. The van der Waals surface area contributed by atoms with Crippen molar-refractivity contribution in [1.82, 2.24) is 9.55 Å². The summed E-state index contributed by atoms with van der Waals surface area (Å²) in [6, 6.07) is 10.1. The van der Waals surface area contributed by atoms with Crippen molar-refractivity contribution in [2.75, 3.05) is 19.5 Å². The van der Waals surface area contributed by atoms with Crippen LogP contribution in [0.15, 0.2) is 30.3 Å². The van der Waals surface area contributed by atoms with Crippen molar-refractivity contribution in [3.05, 3.63) is 41.6 Å². The first kappa shape index (κ1) is 18.7. The molecule has 4 rings (SSSR count). The summed E-state index contributed by atoms with van der Waals surface area (Å²) in [7, 11) is 5.43. The van der Waals surface area contributed by atoms with E-state index in [1.165, 1.54) is 29.5 Å². The van der Waals surface area contributed by atoms with E-state index in [-0.39, 0.29) is 0 Å². The number of benzene rings is 1. The van der Waals surface area contributed by atoms with Crippen LogP contribution in [0.2, 0.25) is 0 Å². The van der Waals surface area contributed by atoms with Gasteiger partial charge in [0.25, 0.3) is 0 Å². The quantitative estimate of drug-likeness (QED) is 0.659. The summed E-state index contributed by atoms with van der Waals surface area (Å²) in [5, 5.41) is 4.68. The lowest BCUT2D eigenvalue weighted by Gasteiger charge is -2.33. The summed E-state index contributed by atoms with van der Waals surface area (Å²) < 4.78 is 13.0. The van der Waals surface area contributed by atoms with Crippen LogP contribution in [0.1, 0.15) is 37.9 Å². The van der Waals surface area contributed by atoms with Crippen molar-refractivity contribution in [2.24, 2.45) is 12.5 Å². The van der Waals surface area contributed by atoms with Crippen LogP contribution in [0.4, 0.5) is 11.5 Å². The maximum atomic E-state index is 5.40. The van der Waals surface area contributed by atoms with Crippen molar-refractivity contribution in [3.63, 3.8) is 0 Å². The van der Waals surface area contributed by atoms with Crippen LogP contribution in [0, 0.1) is 5.41 Å². The molecule has 0 spiro atoms. The number of aromatic nitrogens is 2. The van der Waals surface area contributed by atoms with E-state index in [1.807, 2.05) is 18.2 Å². The number of nitrogens with zero attached hydrogens (tertiary/aromatic N) is 2. The van der Waals surface area contributed by atoms with Crippen LogP contribution >= 0.6 is 0 Å². The molecule has 0 saturated heterocycles. The van der Waals surface area contributed by atoms with E-state index in [9.17, 15) is 0 Å². The van der Waals surface area contributed by atoms with Gasteiger partial charge in [-0.05, 0) is 54.5 Å². The standard InChI is InChI=1S/C23H29N3O2/c1-6-23(2)12-11-18-17(14-23)16-8-10-21(25-22(16)26(18)3)24-15-7-9-19(27-4)20(13-15)28-5/h7-10,13H,6,11-12,14H2,1-5H3,(H,24,25). The van der Waals surface area contributed by atoms with E-state index in [0.29, 0.717) is 16.9 Å². The Balaban J connectivity index is 1.69. The highest BCUT2D eigenvalue weighted by Crippen LogP contribution is 2.41. The lowest BCUT2D eigenvalue weighted by molar-refractivity contribution is 0.266. The Morgan fingerprint density at radius 1 is 1.14 bits per heavy atom. The second kappa shape index (κ2) is 7.04. The van der Waals surface area contributed by atoms with E-state index in [1.54, 1.807) is 14.2 Å². The van der Waals surface area contributed by atoms with Crippen molar-refractivity contribution >= 4 is 22.5 Å². The number of pyridine rings is 1. The van der Waals surface area contributed by atoms with Gasteiger partial charge >= 0.3 is 0 Å². The Hall–Kier alpha value is -2.69. The zero-order valence-corrected chi connectivity index (χ0v) is 17.4. The van der Waals surface area contributed by atoms with Gasteiger partial charge in [-0.1, -0.05) is 20.3 Å². The summed E-state index contributed by atoms with van der Waals surface area (Å²) in [6.07, 6.45) is 4.73. The Bertz CT molecular complexity index is 1020. The fraction of sp³-hybridized carbons (Fsp3) is 0.435. The second-order valence-electron chi connectivity index (χ2n) is 8.09. The monoisotopic (exact) mass is 379 g/mol. The molecule has 1 unspecified atom stereocenters. The van der Waals surface area contributed by atoms with Crippen LogP contribution in [0.3, 0.4) is 0 Å². The van der Waals surface area contributed by atoms with Crippen LogP contribution in [-0.4, -0.2) is 23.8 Å². The van der Waals surface area contributed by atoms with Crippen LogP contribution < -0.4 is 14.8 Å². The highest BCUT2D eigenvalue weighted by atomic mass is 16.5. The number of anilines is 2. The van der Waals surface area contributed by atoms with Gasteiger partial charge in [-0.25, -0.2) is 4.98 Å². The molecular formula is C23H29N3O2. The second-order valence-corrected chi connectivity index (χ2v) is 8.09. The summed E-state index contributed by atoms with van der Waals surface area (Å²) in [6.45, 7) is 4.72. The SMILES string of the molecule is CCC1(C)CCc2c(c3ccc(Nc4ccc(OC)c(OC)c4)nc3n2C)C1. The molecule has 5 heteroatoms. The Morgan fingerprint density at radius 2 is 1.93 bits per heavy atom. The molecule has 1 N–H and O–H groups in total. The number of aryl methyl sites for hydroxylation is 1. The van der Waals surface area contributed by atoms with E-state index in [2.05, 4.69) is 42.9 Å². The van der Waals surface area contributed by atoms with E-state index < -0.39 is 0 Å². The highest BCUT2D eigenvalue weighted by Gasteiger charge is 2.31. The maximum absolute atomic E-state index is 5.40. The van der Waals surface area contributed by atoms with Gasteiger partial charge in [0, 0.05) is 29.9 Å². The summed E-state index contributed by atoms with van der Waals surface area (Å²) in [5.74, 6) is 2.24. The van der Waals surface area contributed by atoms with Gasteiger partial charge in [-0.2, -0.15) is 0 Å². The molecule has 2 heterocycles. The molecule has 0 fully saturated rings. The van der Waals surface area contributed by atoms with Gasteiger partial charge in [0.1, 0.15) is 11.5 Å². The molecule has 3 aromatic rings. The van der Waals surface area contributed by atoms with E-state index in [0.717, 1.165) is 30.0 Å². The average molecular weight is 380 g/mol. The molecule has 1 aliphatic rings. The molecule has 5 nitrogen and oxygen atoms in total. The fourth-order valence-electron chi connectivity index (χ4n) is 4.31. The lowest BCUT2D eigenvalue weighted by atomic mass is 9.72. The van der Waals surface area contributed by atoms with Crippen molar-refractivity contribution in [3.8, 4) is 11.5 Å². The summed E-state index contributed by atoms with van der Waals surface area (Å²) in [5.41, 5.74) is 5.30. The summed E-state index contributed by atoms with van der Waals surface area (Å²) >= 11 is 0. The molecule has 0 radical (unpaired) electrons. The minimum absolute atomic E-state index is 0.401. The van der Waals surface area contributed by atoms with Crippen molar-refractivity contribution in [2.45, 2.75) is 39.5 Å². The van der Waals surface area contributed by atoms with Gasteiger partial charge in [0.05, 0.1) is 14.2 Å². The minimum Gasteiger partial charge on any atom is -0.493 e. The molecule has 1 atom stereocenters.